The Bertz CT molecular complexity index is 1110. The van der Waals surface area contributed by atoms with E-state index >= 15 is 0 Å². The number of hydrogen-bond acceptors (Lipinski definition) is 6. The van der Waals surface area contributed by atoms with Crippen LogP contribution < -0.4 is 10.2 Å². The van der Waals surface area contributed by atoms with Gasteiger partial charge >= 0.3 is 37.7 Å². The van der Waals surface area contributed by atoms with Crippen molar-refractivity contribution < 1.29 is 30.0 Å². The molecular formula is C22H14CaO6. The van der Waals surface area contributed by atoms with Crippen molar-refractivity contribution >= 4 is 71.2 Å². The number of aromatic carboxylic acids is 2. The fourth-order valence-corrected chi connectivity index (χ4v) is 2.95. The number of phenols is 2. The summed E-state index contributed by atoms with van der Waals surface area (Å²) in [7, 11) is 0. The third kappa shape index (κ3) is 4.79. The minimum absolute atomic E-state index is 0. The van der Waals surface area contributed by atoms with Crippen molar-refractivity contribution in [2.24, 2.45) is 0 Å². The summed E-state index contributed by atoms with van der Waals surface area (Å²) in [6.45, 7) is 0. The van der Waals surface area contributed by atoms with Gasteiger partial charge in [0.2, 0.25) is 0 Å². The third-order valence-electron chi connectivity index (χ3n) is 4.22. The largest absolute Gasteiger partial charge is 2.00 e. The normalized spacial score (nSPS) is 9.93. The Morgan fingerprint density at radius 3 is 1.28 bits per heavy atom. The molecule has 4 aromatic carbocycles. The maximum atomic E-state index is 10.8. The number of aromatic hydroxyl groups is 2. The van der Waals surface area contributed by atoms with Gasteiger partial charge in [0.25, 0.3) is 0 Å². The van der Waals surface area contributed by atoms with Gasteiger partial charge in [0, 0.05) is 11.1 Å². The number of hydrogen-bond donors (Lipinski definition) is 2. The molecule has 0 saturated heterocycles. The minimum Gasteiger partial charge on any atom is -0.545 e. The van der Waals surface area contributed by atoms with E-state index in [0.717, 1.165) is 10.8 Å². The molecule has 4 rings (SSSR count). The summed E-state index contributed by atoms with van der Waals surface area (Å²) in [6, 6.07) is 19.9. The van der Waals surface area contributed by atoms with Crippen LogP contribution in [-0.4, -0.2) is 59.9 Å². The molecule has 0 aliphatic rings. The number of rotatable bonds is 2. The SMILES string of the molecule is O=C([O-])c1c(O)ccc2ccccc12.O=C([O-])c1c(O)ccc2ccccc12.[Ca+2]. The van der Waals surface area contributed by atoms with Gasteiger partial charge in [-0.25, -0.2) is 0 Å². The van der Waals surface area contributed by atoms with E-state index in [9.17, 15) is 30.0 Å². The number of carboxylic acids is 2. The van der Waals surface area contributed by atoms with Crippen LogP contribution >= 0.6 is 0 Å². The number of carbonyl (C=O) groups excluding carboxylic acids is 2. The van der Waals surface area contributed by atoms with Crippen molar-refractivity contribution in [1.82, 2.24) is 0 Å². The molecule has 4 aromatic rings. The minimum atomic E-state index is -1.36. The van der Waals surface area contributed by atoms with Crippen molar-refractivity contribution in [1.29, 1.82) is 0 Å². The molecule has 0 bridgehead atoms. The van der Waals surface area contributed by atoms with Crippen LogP contribution in [0.2, 0.25) is 0 Å². The predicted octanol–water partition coefficient (Wildman–Crippen LogP) is 1.44. The van der Waals surface area contributed by atoms with Gasteiger partial charge in [-0.3, -0.25) is 0 Å². The van der Waals surface area contributed by atoms with Crippen LogP contribution in [0.1, 0.15) is 20.7 Å². The maximum absolute atomic E-state index is 10.8. The molecule has 29 heavy (non-hydrogen) atoms. The topological polar surface area (TPSA) is 121 Å². The second-order valence-corrected chi connectivity index (χ2v) is 5.94. The van der Waals surface area contributed by atoms with Gasteiger partial charge in [-0.1, -0.05) is 60.7 Å². The molecule has 7 heteroatoms. The van der Waals surface area contributed by atoms with Gasteiger partial charge in [-0.2, -0.15) is 0 Å². The van der Waals surface area contributed by atoms with Crippen LogP contribution in [0.4, 0.5) is 0 Å². The van der Waals surface area contributed by atoms with E-state index in [0.29, 0.717) is 10.8 Å². The van der Waals surface area contributed by atoms with Crippen molar-refractivity contribution in [2.75, 3.05) is 0 Å². The summed E-state index contributed by atoms with van der Waals surface area (Å²) in [5.41, 5.74) is -0.300. The monoisotopic (exact) mass is 414 g/mol. The molecule has 0 fully saturated rings. The van der Waals surface area contributed by atoms with E-state index in [1.165, 1.54) is 12.1 Å². The van der Waals surface area contributed by atoms with Gasteiger partial charge in [-0.05, 0) is 33.7 Å². The van der Waals surface area contributed by atoms with Crippen molar-refractivity contribution in [3.05, 3.63) is 83.9 Å². The molecule has 0 spiro atoms. The Balaban J connectivity index is 0.000000200. The molecule has 0 aromatic heterocycles. The van der Waals surface area contributed by atoms with Crippen LogP contribution in [0, 0.1) is 0 Å². The summed E-state index contributed by atoms with van der Waals surface area (Å²) in [5.74, 6) is -3.24. The fourth-order valence-electron chi connectivity index (χ4n) is 2.95. The van der Waals surface area contributed by atoms with Crippen LogP contribution in [0.15, 0.2) is 72.8 Å². The standard InChI is InChI=1S/2C11H8O3.Ca/c2*12-9-6-5-7-3-1-2-4-8(7)10(9)11(13)14;/h2*1-6,12H,(H,13,14);/q;;+2/p-2. The molecule has 0 aliphatic heterocycles. The van der Waals surface area contributed by atoms with Crippen molar-refractivity contribution in [3.63, 3.8) is 0 Å². The summed E-state index contributed by atoms with van der Waals surface area (Å²) >= 11 is 0. The maximum Gasteiger partial charge on any atom is 2.00 e. The number of benzene rings is 4. The first kappa shape index (κ1) is 22.5. The van der Waals surface area contributed by atoms with Crippen LogP contribution in [0.5, 0.6) is 11.5 Å². The zero-order chi connectivity index (χ0) is 20.3. The van der Waals surface area contributed by atoms with Crippen molar-refractivity contribution in [3.8, 4) is 11.5 Å². The zero-order valence-electron chi connectivity index (χ0n) is 15.2. The molecule has 0 unspecified atom stereocenters. The van der Waals surface area contributed by atoms with Crippen LogP contribution in [0.3, 0.4) is 0 Å². The van der Waals surface area contributed by atoms with E-state index in [1.807, 2.05) is 0 Å². The number of carbonyl (C=O) groups is 2. The van der Waals surface area contributed by atoms with Gasteiger partial charge in [0.15, 0.2) is 0 Å². The molecule has 140 valence electrons. The second kappa shape index (κ2) is 9.60. The average Bonchev–Trinajstić information content (AvgIpc) is 2.67. The Kier molecular flexibility index (Phi) is 7.45. The van der Waals surface area contributed by atoms with Crippen LogP contribution in [0.25, 0.3) is 21.5 Å². The molecular weight excluding hydrogens is 400 g/mol. The summed E-state index contributed by atoms with van der Waals surface area (Å²) < 4.78 is 0. The van der Waals surface area contributed by atoms with Gasteiger partial charge in [0.1, 0.15) is 11.5 Å². The molecule has 0 amide bonds. The molecule has 0 heterocycles. The Morgan fingerprint density at radius 2 is 0.931 bits per heavy atom. The summed E-state index contributed by atoms with van der Waals surface area (Å²) in [4.78, 5) is 21.5. The first-order valence-corrected chi connectivity index (χ1v) is 8.24. The Hall–Kier alpha value is -2.80. The smallest absolute Gasteiger partial charge is 0.545 e. The summed E-state index contributed by atoms with van der Waals surface area (Å²) in [5, 5.41) is 42.8. The number of fused-ring (bicyclic) bond motifs is 2. The molecule has 0 saturated carbocycles. The first-order chi connectivity index (χ1) is 13.4. The average molecular weight is 414 g/mol. The predicted molar refractivity (Wildman–Crippen MR) is 106 cm³/mol. The zero-order valence-corrected chi connectivity index (χ0v) is 17.4. The van der Waals surface area contributed by atoms with Crippen molar-refractivity contribution in [2.45, 2.75) is 0 Å². The molecule has 2 N–H and O–H groups in total. The van der Waals surface area contributed by atoms with E-state index in [4.69, 9.17) is 0 Å². The molecule has 6 nitrogen and oxygen atoms in total. The van der Waals surface area contributed by atoms with E-state index in [1.54, 1.807) is 60.7 Å². The third-order valence-corrected chi connectivity index (χ3v) is 4.22. The molecule has 0 aliphatic carbocycles. The van der Waals surface area contributed by atoms with Gasteiger partial charge in [-0.15, -0.1) is 0 Å². The Labute approximate surface area is 195 Å². The number of carboxylic acid groups (broad SMARTS) is 2. The van der Waals surface area contributed by atoms with E-state index < -0.39 is 11.9 Å². The molecule has 0 radical (unpaired) electrons. The van der Waals surface area contributed by atoms with E-state index in [2.05, 4.69) is 0 Å². The first-order valence-electron chi connectivity index (χ1n) is 8.24. The van der Waals surface area contributed by atoms with E-state index in [-0.39, 0.29) is 60.4 Å². The molecule has 0 atom stereocenters. The van der Waals surface area contributed by atoms with Gasteiger partial charge in [0.05, 0.1) is 11.9 Å². The van der Waals surface area contributed by atoms with Crippen LogP contribution in [-0.2, 0) is 0 Å². The Morgan fingerprint density at radius 1 is 0.586 bits per heavy atom. The second-order valence-electron chi connectivity index (χ2n) is 5.94. The quantitative estimate of drug-likeness (QED) is 0.479. The van der Waals surface area contributed by atoms with Gasteiger partial charge < -0.3 is 30.0 Å². The summed E-state index contributed by atoms with van der Waals surface area (Å²) in [6.07, 6.45) is 0. The fraction of sp³-hybridized carbons (Fsp3) is 0.